The Balaban J connectivity index is 2.47. The summed E-state index contributed by atoms with van der Waals surface area (Å²) in [5, 5.41) is 27.5. The first kappa shape index (κ1) is 10.9. The van der Waals surface area contributed by atoms with E-state index in [9.17, 15) is 10.2 Å². The van der Waals surface area contributed by atoms with Crippen LogP contribution in [0.4, 0.5) is 0 Å². The molecule has 1 rings (SSSR count). The van der Waals surface area contributed by atoms with Crippen molar-refractivity contribution in [1.29, 1.82) is 0 Å². The minimum absolute atomic E-state index is 0.242. The summed E-state index contributed by atoms with van der Waals surface area (Å²) in [6.45, 7) is 1.97. The van der Waals surface area contributed by atoms with Crippen LogP contribution in [-0.4, -0.2) is 53.1 Å². The highest BCUT2D eigenvalue weighted by Crippen LogP contribution is 2.20. The Labute approximate surface area is 76.9 Å². The summed E-state index contributed by atoms with van der Waals surface area (Å²) in [6.07, 6.45) is -2.95. The van der Waals surface area contributed by atoms with Gasteiger partial charge in [-0.25, -0.2) is 0 Å². The predicted octanol–water partition coefficient (Wildman–Crippen LogP) is -1.15. The molecular weight excluding hydrogens is 176 g/mol. The summed E-state index contributed by atoms with van der Waals surface area (Å²) in [5.41, 5.74) is 0. The van der Waals surface area contributed by atoms with Gasteiger partial charge in [0.05, 0.1) is 12.7 Å². The highest BCUT2D eigenvalue weighted by molar-refractivity contribution is 4.82. The third kappa shape index (κ3) is 2.62. The molecule has 0 saturated carbocycles. The molecule has 1 saturated heterocycles. The van der Waals surface area contributed by atoms with Crippen molar-refractivity contribution in [2.75, 3.05) is 13.2 Å². The van der Waals surface area contributed by atoms with Gasteiger partial charge in [-0.1, -0.05) is 0 Å². The van der Waals surface area contributed by atoms with E-state index in [1.807, 2.05) is 6.92 Å². The Hall–Kier alpha value is -0.200. The van der Waals surface area contributed by atoms with Gasteiger partial charge in [0.15, 0.2) is 6.29 Å². The summed E-state index contributed by atoms with van der Waals surface area (Å²) in [4.78, 5) is 0. The second kappa shape index (κ2) is 4.88. The molecule has 0 radical (unpaired) electrons. The van der Waals surface area contributed by atoms with Crippen molar-refractivity contribution in [3.63, 3.8) is 0 Å². The van der Waals surface area contributed by atoms with Crippen molar-refractivity contribution in [1.82, 2.24) is 0 Å². The van der Waals surface area contributed by atoms with Gasteiger partial charge in [-0.3, -0.25) is 0 Å². The Bertz CT molecular complexity index is 151. The van der Waals surface area contributed by atoms with Crippen LogP contribution in [0.5, 0.6) is 0 Å². The van der Waals surface area contributed by atoms with E-state index in [0.717, 1.165) is 0 Å². The lowest BCUT2D eigenvalue weighted by Crippen LogP contribution is -2.50. The van der Waals surface area contributed by atoms with Crippen molar-refractivity contribution in [3.8, 4) is 0 Å². The van der Waals surface area contributed by atoms with E-state index >= 15 is 0 Å². The maximum atomic E-state index is 9.36. The highest BCUT2D eigenvalue weighted by Gasteiger charge is 2.36. The molecule has 0 aliphatic carbocycles. The molecule has 13 heavy (non-hydrogen) atoms. The topological polar surface area (TPSA) is 79.2 Å². The number of aliphatic hydroxyl groups is 3. The molecule has 0 aromatic heterocycles. The monoisotopic (exact) mass is 192 g/mol. The van der Waals surface area contributed by atoms with Crippen molar-refractivity contribution in [3.05, 3.63) is 0 Å². The molecule has 1 unspecified atom stereocenters. The van der Waals surface area contributed by atoms with E-state index in [1.54, 1.807) is 0 Å². The predicted molar refractivity (Wildman–Crippen MR) is 44.0 cm³/mol. The zero-order valence-electron chi connectivity index (χ0n) is 7.59. The molecule has 0 bridgehead atoms. The van der Waals surface area contributed by atoms with E-state index in [2.05, 4.69) is 0 Å². The van der Waals surface area contributed by atoms with E-state index in [-0.39, 0.29) is 13.0 Å². The highest BCUT2D eigenvalue weighted by atomic mass is 16.7. The molecule has 0 spiro atoms. The number of hydrogen-bond donors (Lipinski definition) is 3. The Morgan fingerprint density at radius 2 is 2.15 bits per heavy atom. The molecule has 1 aliphatic heterocycles. The molecule has 5 nitrogen and oxygen atoms in total. The number of aliphatic hydroxyl groups excluding tert-OH is 3. The third-order valence-electron chi connectivity index (χ3n) is 2.07. The Morgan fingerprint density at radius 3 is 2.69 bits per heavy atom. The van der Waals surface area contributed by atoms with Gasteiger partial charge < -0.3 is 24.8 Å². The van der Waals surface area contributed by atoms with E-state index in [1.165, 1.54) is 0 Å². The lowest BCUT2D eigenvalue weighted by Gasteiger charge is -2.35. The summed E-state index contributed by atoms with van der Waals surface area (Å²) in [6, 6.07) is 0. The number of hydrogen-bond acceptors (Lipinski definition) is 5. The number of ether oxygens (including phenoxy) is 2. The van der Waals surface area contributed by atoms with Gasteiger partial charge >= 0.3 is 0 Å². The largest absolute Gasteiger partial charge is 0.394 e. The molecular formula is C8H16O5. The van der Waals surface area contributed by atoms with E-state index < -0.39 is 24.6 Å². The van der Waals surface area contributed by atoms with Crippen LogP contribution in [0.25, 0.3) is 0 Å². The maximum absolute atomic E-state index is 9.36. The summed E-state index contributed by atoms with van der Waals surface area (Å²) in [5.74, 6) is 0. The lowest BCUT2D eigenvalue weighted by atomic mass is 10.0. The molecule has 0 aromatic carbocycles. The van der Waals surface area contributed by atoms with Gasteiger partial charge in [0, 0.05) is 13.0 Å². The van der Waals surface area contributed by atoms with Crippen LogP contribution in [0.3, 0.4) is 0 Å². The van der Waals surface area contributed by atoms with Crippen LogP contribution >= 0.6 is 0 Å². The van der Waals surface area contributed by atoms with Crippen LogP contribution in [0.1, 0.15) is 13.3 Å². The summed E-state index contributed by atoms with van der Waals surface area (Å²) < 4.78 is 10.3. The average Bonchev–Trinajstić information content (AvgIpc) is 2.11. The smallest absolute Gasteiger partial charge is 0.160 e. The normalized spacial score (nSPS) is 40.6. The van der Waals surface area contributed by atoms with E-state index in [4.69, 9.17) is 14.6 Å². The molecule has 0 aromatic rings. The second-order valence-electron chi connectivity index (χ2n) is 3.04. The van der Waals surface area contributed by atoms with Crippen LogP contribution in [0, 0.1) is 0 Å². The van der Waals surface area contributed by atoms with Crippen molar-refractivity contribution < 1.29 is 24.8 Å². The van der Waals surface area contributed by atoms with Crippen LogP contribution in [0.15, 0.2) is 0 Å². The second-order valence-corrected chi connectivity index (χ2v) is 3.04. The van der Waals surface area contributed by atoms with Gasteiger partial charge in [-0.05, 0) is 6.92 Å². The van der Waals surface area contributed by atoms with Crippen LogP contribution in [-0.2, 0) is 9.47 Å². The molecule has 78 valence electrons. The first-order chi connectivity index (χ1) is 6.19. The SMILES string of the molecule is CCO[C@@H]1CC(O)[C@H](O)[C@@H](CO)O1. The van der Waals surface area contributed by atoms with Crippen LogP contribution < -0.4 is 0 Å². The van der Waals surface area contributed by atoms with Crippen molar-refractivity contribution in [2.45, 2.75) is 37.9 Å². The zero-order valence-corrected chi connectivity index (χ0v) is 7.59. The summed E-state index contributed by atoms with van der Waals surface area (Å²) >= 11 is 0. The average molecular weight is 192 g/mol. The van der Waals surface area contributed by atoms with E-state index in [0.29, 0.717) is 6.61 Å². The third-order valence-corrected chi connectivity index (χ3v) is 2.07. The minimum atomic E-state index is -1.03. The molecule has 3 N–H and O–H groups in total. The maximum Gasteiger partial charge on any atom is 0.160 e. The molecule has 1 aliphatic rings. The fraction of sp³-hybridized carbons (Fsp3) is 1.00. The van der Waals surface area contributed by atoms with Crippen molar-refractivity contribution >= 4 is 0 Å². The Kier molecular flexibility index (Phi) is 4.08. The molecule has 1 fully saturated rings. The number of rotatable bonds is 3. The first-order valence-electron chi connectivity index (χ1n) is 4.43. The molecule has 5 heteroatoms. The fourth-order valence-electron chi connectivity index (χ4n) is 1.36. The molecule has 0 amide bonds. The van der Waals surface area contributed by atoms with Gasteiger partial charge in [-0.2, -0.15) is 0 Å². The van der Waals surface area contributed by atoms with Gasteiger partial charge in [0.1, 0.15) is 12.2 Å². The quantitative estimate of drug-likeness (QED) is 0.526. The molecule has 1 heterocycles. The van der Waals surface area contributed by atoms with Gasteiger partial charge in [0.25, 0.3) is 0 Å². The van der Waals surface area contributed by atoms with Gasteiger partial charge in [0.2, 0.25) is 0 Å². The van der Waals surface area contributed by atoms with Crippen LogP contribution in [0.2, 0.25) is 0 Å². The fourth-order valence-corrected chi connectivity index (χ4v) is 1.36. The lowest BCUT2D eigenvalue weighted by molar-refractivity contribution is -0.255. The first-order valence-corrected chi connectivity index (χ1v) is 4.43. The molecule has 4 atom stereocenters. The Morgan fingerprint density at radius 1 is 1.46 bits per heavy atom. The minimum Gasteiger partial charge on any atom is -0.394 e. The van der Waals surface area contributed by atoms with Gasteiger partial charge in [-0.15, -0.1) is 0 Å². The zero-order chi connectivity index (χ0) is 9.84. The summed E-state index contributed by atoms with van der Waals surface area (Å²) in [7, 11) is 0. The van der Waals surface area contributed by atoms with Crippen molar-refractivity contribution in [2.24, 2.45) is 0 Å². The standard InChI is InChI=1S/C8H16O5/c1-2-12-7-3-5(10)8(11)6(4-9)13-7/h5-11H,2-4H2,1H3/t5?,6-,7+,8+/m1/s1.